The van der Waals surface area contributed by atoms with Gasteiger partial charge in [-0.15, -0.1) is 0 Å². The summed E-state index contributed by atoms with van der Waals surface area (Å²) in [5, 5.41) is 30.5. The number of carbonyl (C=O) groups is 1. The highest BCUT2D eigenvalue weighted by Gasteiger charge is 2.45. The van der Waals surface area contributed by atoms with Crippen molar-refractivity contribution in [1.29, 1.82) is 0 Å². The lowest BCUT2D eigenvalue weighted by Crippen LogP contribution is -2.34. The summed E-state index contributed by atoms with van der Waals surface area (Å²) < 4.78 is 6.99. The molecule has 3 heterocycles. The Labute approximate surface area is 198 Å². The van der Waals surface area contributed by atoms with Crippen molar-refractivity contribution in [3.8, 4) is 11.1 Å². The van der Waals surface area contributed by atoms with E-state index in [9.17, 15) is 24.9 Å². The predicted molar refractivity (Wildman–Crippen MR) is 126 cm³/mol. The van der Waals surface area contributed by atoms with Crippen LogP contribution in [0.1, 0.15) is 13.2 Å². The number of ether oxygens (including phenoxy) is 1. The van der Waals surface area contributed by atoms with Crippen LogP contribution < -0.4 is 10.5 Å². The van der Waals surface area contributed by atoms with E-state index in [1.807, 2.05) is 42.5 Å². The third-order valence-corrected chi connectivity index (χ3v) is 5.98. The van der Waals surface area contributed by atoms with E-state index in [1.54, 1.807) is 12.1 Å². The number of imidazole rings is 1. The first-order valence-corrected chi connectivity index (χ1v) is 10.9. The Morgan fingerprint density at radius 2 is 1.77 bits per heavy atom. The summed E-state index contributed by atoms with van der Waals surface area (Å²) in [5.74, 6) is -0.448. The van der Waals surface area contributed by atoms with E-state index in [1.165, 1.54) is 22.7 Å². The smallest absolute Gasteiger partial charge is 0.278 e. The standard InChI is InChI=1S/C24H23N5O6/c1-13(31)28(16-9-7-15(8-10-16)14-5-3-2-4-6-14)24-27-18-21(25-12-26-22(18)34)29(24)23-20(33)19(32)17(11-30)35-23/h2-10,12,17,19-20,23,30,32-33H,11H2,1H3,(H,25,26,34)/t17-,19-,20-,23-/m1/s1. The van der Waals surface area contributed by atoms with Gasteiger partial charge in [0, 0.05) is 6.92 Å². The number of aliphatic hydroxyl groups excluding tert-OH is 3. The monoisotopic (exact) mass is 477 g/mol. The first kappa shape index (κ1) is 22.9. The molecule has 1 amide bonds. The predicted octanol–water partition coefficient (Wildman–Crippen LogP) is 1.08. The molecule has 0 bridgehead atoms. The Kier molecular flexibility index (Phi) is 5.91. The van der Waals surface area contributed by atoms with Crippen LogP contribution in [-0.2, 0) is 9.53 Å². The molecule has 11 nitrogen and oxygen atoms in total. The van der Waals surface area contributed by atoms with Crippen LogP contribution in [0.2, 0.25) is 0 Å². The number of nitrogens with zero attached hydrogens (tertiary/aromatic N) is 4. The summed E-state index contributed by atoms with van der Waals surface area (Å²) in [7, 11) is 0. The second-order valence-electron chi connectivity index (χ2n) is 8.18. The number of hydrogen-bond donors (Lipinski definition) is 4. The lowest BCUT2D eigenvalue weighted by Gasteiger charge is -2.25. The van der Waals surface area contributed by atoms with Crippen molar-refractivity contribution in [3.05, 3.63) is 71.3 Å². The zero-order valence-corrected chi connectivity index (χ0v) is 18.6. The van der Waals surface area contributed by atoms with Crippen LogP contribution in [0.5, 0.6) is 0 Å². The minimum atomic E-state index is -1.47. The van der Waals surface area contributed by atoms with Crippen LogP contribution in [0.3, 0.4) is 0 Å². The zero-order chi connectivity index (χ0) is 24.7. The number of amides is 1. The summed E-state index contributed by atoms with van der Waals surface area (Å²) in [6.07, 6.45) is -4.03. The highest BCUT2D eigenvalue weighted by atomic mass is 16.6. The Hall–Kier alpha value is -3.90. The molecule has 1 aliphatic heterocycles. The van der Waals surface area contributed by atoms with Crippen LogP contribution in [0.25, 0.3) is 22.3 Å². The molecule has 1 fully saturated rings. The van der Waals surface area contributed by atoms with Gasteiger partial charge in [-0.1, -0.05) is 42.5 Å². The van der Waals surface area contributed by atoms with Gasteiger partial charge in [0.05, 0.1) is 18.6 Å². The third kappa shape index (κ3) is 3.90. The van der Waals surface area contributed by atoms with E-state index in [4.69, 9.17) is 4.74 Å². The number of aromatic nitrogens is 4. The lowest BCUT2D eigenvalue weighted by atomic mass is 10.1. The quantitative estimate of drug-likeness (QED) is 0.333. The Balaban J connectivity index is 1.66. The Bertz CT molecular complexity index is 1420. The van der Waals surface area contributed by atoms with Gasteiger partial charge in [-0.3, -0.25) is 19.1 Å². The van der Waals surface area contributed by atoms with E-state index < -0.39 is 42.6 Å². The maximum atomic E-state index is 12.9. The molecular formula is C24H23N5O6. The number of aromatic amines is 1. The SMILES string of the molecule is CC(=O)N(c1ccc(-c2ccccc2)cc1)c1nc2c(=O)[nH]cnc2n1[C@@H]1O[C@H](CO)[C@@H](O)[C@H]1O. The second-order valence-corrected chi connectivity index (χ2v) is 8.18. The van der Waals surface area contributed by atoms with Crippen molar-refractivity contribution in [1.82, 2.24) is 19.5 Å². The molecule has 5 rings (SSSR count). The van der Waals surface area contributed by atoms with Gasteiger partial charge in [-0.25, -0.2) is 9.97 Å². The normalized spacial score (nSPS) is 21.9. The number of anilines is 2. The van der Waals surface area contributed by atoms with Crippen LogP contribution in [-0.4, -0.2) is 65.7 Å². The fraction of sp³-hybridized carbons (Fsp3) is 0.250. The number of hydrogen-bond acceptors (Lipinski definition) is 8. The van der Waals surface area contributed by atoms with Gasteiger partial charge in [0.1, 0.15) is 18.3 Å². The molecular weight excluding hydrogens is 454 g/mol. The molecule has 4 aromatic rings. The first-order chi connectivity index (χ1) is 16.9. The van der Waals surface area contributed by atoms with Gasteiger partial charge >= 0.3 is 0 Å². The van der Waals surface area contributed by atoms with Crippen LogP contribution in [0.15, 0.2) is 65.7 Å². The number of carbonyl (C=O) groups excluding carboxylic acids is 1. The minimum absolute atomic E-state index is 0.0287. The molecule has 0 spiro atoms. The molecule has 4 N–H and O–H groups in total. The number of nitrogens with one attached hydrogen (secondary N) is 1. The number of fused-ring (bicyclic) bond motifs is 1. The topological polar surface area (TPSA) is 154 Å². The first-order valence-electron chi connectivity index (χ1n) is 10.9. The van der Waals surface area contributed by atoms with Crippen molar-refractivity contribution < 1.29 is 24.9 Å². The lowest BCUT2D eigenvalue weighted by molar-refractivity contribution is -0.116. The van der Waals surface area contributed by atoms with Gasteiger partial charge in [-0.05, 0) is 23.3 Å². The van der Waals surface area contributed by atoms with Crippen LogP contribution in [0, 0.1) is 0 Å². The Morgan fingerprint density at radius 1 is 1.09 bits per heavy atom. The van der Waals surface area contributed by atoms with Gasteiger partial charge in [0.2, 0.25) is 11.9 Å². The molecule has 2 aromatic carbocycles. The van der Waals surface area contributed by atoms with E-state index >= 15 is 0 Å². The number of rotatable bonds is 5. The molecule has 0 aliphatic carbocycles. The molecule has 0 radical (unpaired) electrons. The molecule has 0 unspecified atom stereocenters. The molecule has 2 aromatic heterocycles. The zero-order valence-electron chi connectivity index (χ0n) is 18.6. The van der Waals surface area contributed by atoms with Gasteiger partial charge < -0.3 is 25.0 Å². The average molecular weight is 477 g/mol. The molecule has 35 heavy (non-hydrogen) atoms. The molecule has 180 valence electrons. The minimum Gasteiger partial charge on any atom is -0.394 e. The van der Waals surface area contributed by atoms with Crippen LogP contribution >= 0.6 is 0 Å². The Morgan fingerprint density at radius 3 is 2.40 bits per heavy atom. The van der Waals surface area contributed by atoms with Crippen molar-refractivity contribution >= 4 is 28.7 Å². The molecule has 0 saturated carbocycles. The number of H-pyrrole nitrogens is 1. The molecule has 1 saturated heterocycles. The van der Waals surface area contributed by atoms with Crippen molar-refractivity contribution in [2.45, 2.75) is 31.5 Å². The van der Waals surface area contributed by atoms with Crippen molar-refractivity contribution in [3.63, 3.8) is 0 Å². The highest BCUT2D eigenvalue weighted by molar-refractivity contribution is 5.99. The molecule has 1 aliphatic rings. The highest BCUT2D eigenvalue weighted by Crippen LogP contribution is 2.37. The summed E-state index contributed by atoms with van der Waals surface area (Å²) in [4.78, 5) is 37.6. The van der Waals surface area contributed by atoms with E-state index in [-0.39, 0.29) is 17.1 Å². The van der Waals surface area contributed by atoms with Gasteiger partial charge in [0.15, 0.2) is 17.4 Å². The van der Waals surface area contributed by atoms with Gasteiger partial charge in [0.25, 0.3) is 5.56 Å². The second kappa shape index (κ2) is 9.04. The molecule has 11 heteroatoms. The van der Waals surface area contributed by atoms with Crippen molar-refractivity contribution in [2.24, 2.45) is 0 Å². The van der Waals surface area contributed by atoms with E-state index in [2.05, 4.69) is 15.0 Å². The maximum absolute atomic E-state index is 12.9. The largest absolute Gasteiger partial charge is 0.394 e. The van der Waals surface area contributed by atoms with E-state index in [0.717, 1.165) is 11.1 Å². The number of benzene rings is 2. The summed E-state index contributed by atoms with van der Waals surface area (Å²) in [5.41, 5.74) is 1.82. The number of aliphatic hydroxyl groups is 3. The molecule has 4 atom stereocenters. The average Bonchev–Trinajstić information content (AvgIpc) is 3.38. The van der Waals surface area contributed by atoms with E-state index in [0.29, 0.717) is 5.69 Å². The summed E-state index contributed by atoms with van der Waals surface area (Å²) in [6, 6.07) is 16.9. The van der Waals surface area contributed by atoms with Gasteiger partial charge in [-0.2, -0.15) is 0 Å². The maximum Gasteiger partial charge on any atom is 0.278 e. The van der Waals surface area contributed by atoms with Crippen molar-refractivity contribution in [2.75, 3.05) is 11.5 Å². The summed E-state index contributed by atoms with van der Waals surface area (Å²) in [6.45, 7) is 0.797. The fourth-order valence-corrected chi connectivity index (χ4v) is 4.27. The fourth-order valence-electron chi connectivity index (χ4n) is 4.27. The van der Waals surface area contributed by atoms with Crippen LogP contribution in [0.4, 0.5) is 11.6 Å². The third-order valence-electron chi connectivity index (χ3n) is 5.98. The summed E-state index contributed by atoms with van der Waals surface area (Å²) >= 11 is 0.